The first-order valence-electron chi connectivity index (χ1n) is 8.54. The Labute approximate surface area is 156 Å². The van der Waals surface area contributed by atoms with Gasteiger partial charge in [0.25, 0.3) is 0 Å². The van der Waals surface area contributed by atoms with Crippen LogP contribution in [-0.2, 0) is 4.74 Å². The normalized spacial score (nSPS) is 10.6. The molecular weight excluding hydrogens is 356 g/mol. The third kappa shape index (κ3) is 5.77. The maximum absolute atomic E-state index is 12.1. The van der Waals surface area contributed by atoms with Gasteiger partial charge in [-0.05, 0) is 62.4 Å². The van der Waals surface area contributed by atoms with Gasteiger partial charge in [-0.2, -0.15) is 8.78 Å². The van der Waals surface area contributed by atoms with Crippen molar-refractivity contribution in [3.05, 3.63) is 59.7 Å². The number of rotatable bonds is 9. The highest BCUT2D eigenvalue weighted by atomic mass is 19.3. The molecular formula is C20H21F2NO4. The molecule has 0 aliphatic rings. The summed E-state index contributed by atoms with van der Waals surface area (Å²) in [5.74, 6) is -1.09. The van der Waals surface area contributed by atoms with E-state index in [0.717, 1.165) is 18.8 Å². The summed E-state index contributed by atoms with van der Waals surface area (Å²) in [5, 5.41) is 0. The van der Waals surface area contributed by atoms with Crippen LogP contribution in [0.4, 0.5) is 14.5 Å². The summed E-state index contributed by atoms with van der Waals surface area (Å²) in [4.78, 5) is 26.3. The van der Waals surface area contributed by atoms with E-state index in [4.69, 9.17) is 4.74 Å². The van der Waals surface area contributed by atoms with Crippen LogP contribution < -0.4 is 9.64 Å². The van der Waals surface area contributed by atoms with Crippen LogP contribution in [0.15, 0.2) is 48.5 Å². The molecule has 0 N–H and O–H groups in total. The van der Waals surface area contributed by atoms with E-state index in [-0.39, 0.29) is 11.3 Å². The van der Waals surface area contributed by atoms with Crippen molar-refractivity contribution in [2.45, 2.75) is 20.5 Å². The zero-order valence-electron chi connectivity index (χ0n) is 15.2. The molecule has 144 valence electrons. The van der Waals surface area contributed by atoms with Gasteiger partial charge in [-0.25, -0.2) is 4.79 Å². The van der Waals surface area contributed by atoms with Crippen molar-refractivity contribution >= 4 is 17.4 Å². The third-order valence-electron chi connectivity index (χ3n) is 3.97. The molecule has 0 atom stereocenters. The maximum Gasteiger partial charge on any atom is 0.387 e. The molecule has 0 aromatic heterocycles. The number of hydrogen-bond acceptors (Lipinski definition) is 5. The van der Waals surface area contributed by atoms with Crippen LogP contribution in [0, 0.1) is 0 Å². The first-order valence-corrected chi connectivity index (χ1v) is 8.54. The summed E-state index contributed by atoms with van der Waals surface area (Å²) in [6.45, 7) is 2.44. The van der Waals surface area contributed by atoms with Crippen molar-refractivity contribution in [1.82, 2.24) is 0 Å². The monoisotopic (exact) mass is 377 g/mol. The minimum atomic E-state index is -2.93. The molecule has 0 fully saturated rings. The number of ketones is 1. The molecule has 0 radical (unpaired) electrons. The largest absolute Gasteiger partial charge is 0.454 e. The Morgan fingerprint density at radius 2 is 1.48 bits per heavy atom. The molecule has 0 unspecified atom stereocenters. The molecule has 5 nitrogen and oxygen atoms in total. The van der Waals surface area contributed by atoms with Gasteiger partial charge in [-0.3, -0.25) is 4.79 Å². The van der Waals surface area contributed by atoms with Crippen LogP contribution in [0.5, 0.6) is 5.75 Å². The number of halogens is 2. The van der Waals surface area contributed by atoms with Crippen molar-refractivity contribution in [1.29, 1.82) is 0 Å². The van der Waals surface area contributed by atoms with E-state index in [0.29, 0.717) is 5.56 Å². The molecule has 0 aliphatic carbocycles. The fraction of sp³-hybridized carbons (Fsp3) is 0.300. The lowest BCUT2D eigenvalue weighted by molar-refractivity contribution is -0.0498. The fourth-order valence-electron chi connectivity index (χ4n) is 2.52. The smallest absolute Gasteiger partial charge is 0.387 e. The number of ether oxygens (including phenoxy) is 2. The molecule has 0 saturated heterocycles. The van der Waals surface area contributed by atoms with E-state index < -0.39 is 25.0 Å². The minimum absolute atomic E-state index is 0.0492. The van der Waals surface area contributed by atoms with Gasteiger partial charge in [0.05, 0.1) is 5.56 Å². The molecule has 2 rings (SSSR count). The van der Waals surface area contributed by atoms with E-state index in [1.54, 1.807) is 12.1 Å². The summed E-state index contributed by atoms with van der Waals surface area (Å²) >= 11 is 0. The second-order valence-corrected chi connectivity index (χ2v) is 5.62. The highest BCUT2D eigenvalue weighted by Crippen LogP contribution is 2.17. The molecule has 7 heteroatoms. The van der Waals surface area contributed by atoms with E-state index in [1.807, 2.05) is 26.0 Å². The van der Waals surface area contributed by atoms with Gasteiger partial charge in [-0.1, -0.05) is 0 Å². The zero-order chi connectivity index (χ0) is 19.8. The molecule has 2 aromatic carbocycles. The molecule has 0 heterocycles. The molecule has 0 spiro atoms. The van der Waals surface area contributed by atoms with Crippen LogP contribution in [0.3, 0.4) is 0 Å². The average molecular weight is 377 g/mol. The predicted molar refractivity (Wildman–Crippen MR) is 97.7 cm³/mol. The van der Waals surface area contributed by atoms with Gasteiger partial charge < -0.3 is 14.4 Å². The van der Waals surface area contributed by atoms with Crippen molar-refractivity contribution in [2.75, 3.05) is 24.6 Å². The molecule has 0 saturated carbocycles. The van der Waals surface area contributed by atoms with Crippen LogP contribution in [-0.4, -0.2) is 38.1 Å². The van der Waals surface area contributed by atoms with Crippen LogP contribution in [0.1, 0.15) is 34.6 Å². The summed E-state index contributed by atoms with van der Waals surface area (Å²) < 4.78 is 33.5. The Hall–Kier alpha value is -2.96. The second-order valence-electron chi connectivity index (χ2n) is 5.62. The van der Waals surface area contributed by atoms with E-state index >= 15 is 0 Å². The maximum atomic E-state index is 12.1. The molecule has 2 aromatic rings. The Kier molecular flexibility index (Phi) is 7.28. The Bertz CT molecular complexity index is 757. The Morgan fingerprint density at radius 1 is 0.926 bits per heavy atom. The second kappa shape index (κ2) is 9.66. The number of anilines is 1. The first-order chi connectivity index (χ1) is 12.9. The molecule has 0 amide bonds. The van der Waals surface area contributed by atoms with Gasteiger partial charge in [-0.15, -0.1) is 0 Å². The molecule has 0 aliphatic heterocycles. The number of alkyl halides is 2. The number of carbonyl (C=O) groups excluding carboxylic acids is 2. The molecule has 0 bridgehead atoms. The molecule has 27 heavy (non-hydrogen) atoms. The number of Topliss-reactive ketones (excluding diaryl/α,β-unsaturated/α-hetero) is 1. The predicted octanol–water partition coefficient (Wildman–Crippen LogP) is 4.17. The summed E-state index contributed by atoms with van der Waals surface area (Å²) in [6.07, 6.45) is 0. The van der Waals surface area contributed by atoms with Crippen molar-refractivity contribution < 1.29 is 27.8 Å². The standard InChI is InChI=1S/C20H21F2NO4/c1-3-23(4-2)16-9-5-15(6-10-16)19(25)26-13-18(24)14-7-11-17(12-8-14)27-20(21)22/h5-12,20H,3-4,13H2,1-2H3. The minimum Gasteiger partial charge on any atom is -0.454 e. The van der Waals surface area contributed by atoms with Gasteiger partial charge >= 0.3 is 12.6 Å². The van der Waals surface area contributed by atoms with Gasteiger partial charge in [0.15, 0.2) is 12.4 Å². The lowest BCUT2D eigenvalue weighted by Crippen LogP contribution is -2.21. The van der Waals surface area contributed by atoms with Crippen molar-refractivity contribution in [3.8, 4) is 5.75 Å². The lowest BCUT2D eigenvalue weighted by atomic mass is 10.1. The first kappa shape index (κ1) is 20.4. The van der Waals surface area contributed by atoms with Crippen molar-refractivity contribution in [3.63, 3.8) is 0 Å². The third-order valence-corrected chi connectivity index (χ3v) is 3.97. The van der Waals surface area contributed by atoms with Crippen LogP contribution >= 0.6 is 0 Å². The van der Waals surface area contributed by atoms with Gasteiger partial charge in [0, 0.05) is 24.3 Å². The van der Waals surface area contributed by atoms with Crippen molar-refractivity contribution in [2.24, 2.45) is 0 Å². The summed E-state index contributed by atoms with van der Waals surface area (Å²) in [5.41, 5.74) is 1.58. The number of nitrogens with zero attached hydrogens (tertiary/aromatic N) is 1. The Morgan fingerprint density at radius 3 is 2.00 bits per heavy atom. The Balaban J connectivity index is 1.91. The number of esters is 1. The number of benzene rings is 2. The van der Waals surface area contributed by atoms with Gasteiger partial charge in [0.2, 0.25) is 0 Å². The fourth-order valence-corrected chi connectivity index (χ4v) is 2.52. The van der Waals surface area contributed by atoms with Crippen LogP contribution in [0.2, 0.25) is 0 Å². The summed E-state index contributed by atoms with van der Waals surface area (Å²) in [6, 6.07) is 12.1. The van der Waals surface area contributed by atoms with Gasteiger partial charge in [0.1, 0.15) is 5.75 Å². The quantitative estimate of drug-likeness (QED) is 0.485. The van der Waals surface area contributed by atoms with E-state index in [1.165, 1.54) is 24.3 Å². The number of carbonyl (C=O) groups is 2. The number of hydrogen-bond donors (Lipinski definition) is 0. The highest BCUT2D eigenvalue weighted by molar-refractivity contribution is 5.99. The van der Waals surface area contributed by atoms with Crippen LogP contribution in [0.25, 0.3) is 0 Å². The van der Waals surface area contributed by atoms with E-state index in [2.05, 4.69) is 9.64 Å². The summed E-state index contributed by atoms with van der Waals surface area (Å²) in [7, 11) is 0. The zero-order valence-corrected chi connectivity index (χ0v) is 15.2. The highest BCUT2D eigenvalue weighted by Gasteiger charge is 2.13. The SMILES string of the molecule is CCN(CC)c1ccc(C(=O)OCC(=O)c2ccc(OC(F)F)cc2)cc1. The topological polar surface area (TPSA) is 55.8 Å². The lowest BCUT2D eigenvalue weighted by Gasteiger charge is -2.20. The van der Waals surface area contributed by atoms with E-state index in [9.17, 15) is 18.4 Å². The average Bonchev–Trinajstić information content (AvgIpc) is 2.67.